The number of morpholine rings is 1. The maximum Gasteiger partial charge on any atom is 0.227 e. The first kappa shape index (κ1) is 16.2. The van der Waals surface area contributed by atoms with Gasteiger partial charge in [0, 0.05) is 26.1 Å². The van der Waals surface area contributed by atoms with Gasteiger partial charge in [0.2, 0.25) is 5.89 Å². The number of nitrogens with zero attached hydrogens (tertiary/aromatic N) is 5. The van der Waals surface area contributed by atoms with Crippen LogP contribution in [0.5, 0.6) is 0 Å². The van der Waals surface area contributed by atoms with Crippen LogP contribution in [0.3, 0.4) is 0 Å². The molecular formula is C18H23N5O2. The van der Waals surface area contributed by atoms with E-state index in [1.807, 2.05) is 6.33 Å². The summed E-state index contributed by atoms with van der Waals surface area (Å²) in [5, 5.41) is 4.12. The van der Waals surface area contributed by atoms with Crippen LogP contribution in [0.2, 0.25) is 0 Å². The van der Waals surface area contributed by atoms with Gasteiger partial charge in [-0.1, -0.05) is 5.16 Å². The largest absolute Gasteiger partial charge is 0.379 e. The first-order valence-corrected chi connectivity index (χ1v) is 8.73. The van der Waals surface area contributed by atoms with Crippen molar-refractivity contribution in [3.8, 4) is 0 Å². The van der Waals surface area contributed by atoms with Crippen molar-refractivity contribution in [2.24, 2.45) is 0 Å². The molecule has 1 aliphatic heterocycles. The predicted molar refractivity (Wildman–Crippen MR) is 93.6 cm³/mol. The van der Waals surface area contributed by atoms with Crippen LogP contribution in [0, 0.1) is 13.8 Å². The molecule has 0 atom stereocenters. The lowest BCUT2D eigenvalue weighted by atomic mass is 10.1. The summed E-state index contributed by atoms with van der Waals surface area (Å²) < 4.78 is 12.8. The smallest absolute Gasteiger partial charge is 0.227 e. The minimum absolute atomic E-state index is 0.569. The van der Waals surface area contributed by atoms with E-state index in [0.29, 0.717) is 18.3 Å². The van der Waals surface area contributed by atoms with Gasteiger partial charge >= 0.3 is 0 Å². The lowest BCUT2D eigenvalue weighted by molar-refractivity contribution is 0.0375. The Bertz CT molecular complexity index is 864. The standard InChI is InChI=1S/C18H23N5O2/c1-13-9-15-16(10-14(13)2)23(12-19-15)11-17-20-18(25-21-17)3-4-22-5-7-24-8-6-22/h9-10,12H,3-8,11H2,1-2H3. The van der Waals surface area contributed by atoms with E-state index in [0.717, 1.165) is 50.3 Å². The minimum atomic E-state index is 0.569. The van der Waals surface area contributed by atoms with Crippen LogP contribution in [0.4, 0.5) is 0 Å². The number of hydrogen-bond donors (Lipinski definition) is 0. The molecule has 1 aliphatic rings. The van der Waals surface area contributed by atoms with E-state index < -0.39 is 0 Å². The number of hydrogen-bond acceptors (Lipinski definition) is 6. The van der Waals surface area contributed by atoms with Crippen LogP contribution in [-0.2, 0) is 17.7 Å². The van der Waals surface area contributed by atoms with Crippen molar-refractivity contribution < 1.29 is 9.26 Å². The van der Waals surface area contributed by atoms with Crippen LogP contribution < -0.4 is 0 Å². The van der Waals surface area contributed by atoms with E-state index in [1.54, 1.807) is 0 Å². The number of ether oxygens (including phenoxy) is 1. The molecule has 0 radical (unpaired) electrons. The van der Waals surface area contributed by atoms with Crippen molar-refractivity contribution in [3.63, 3.8) is 0 Å². The summed E-state index contributed by atoms with van der Waals surface area (Å²) in [7, 11) is 0. The van der Waals surface area contributed by atoms with Gasteiger partial charge in [0.15, 0.2) is 5.82 Å². The summed E-state index contributed by atoms with van der Waals surface area (Å²) in [5.74, 6) is 1.38. The zero-order valence-electron chi connectivity index (χ0n) is 14.7. The molecule has 0 spiro atoms. The average Bonchev–Trinajstić information content (AvgIpc) is 3.23. The van der Waals surface area contributed by atoms with Gasteiger partial charge in [-0.05, 0) is 37.1 Å². The maximum atomic E-state index is 5.41. The van der Waals surface area contributed by atoms with Crippen LogP contribution in [0.15, 0.2) is 23.0 Å². The SMILES string of the molecule is Cc1cc2ncn(Cc3noc(CCN4CCOCC4)n3)c2cc1C. The van der Waals surface area contributed by atoms with E-state index >= 15 is 0 Å². The molecule has 4 rings (SSSR count). The number of fused-ring (bicyclic) bond motifs is 1. The topological polar surface area (TPSA) is 69.2 Å². The molecule has 0 amide bonds. The molecular weight excluding hydrogens is 318 g/mol. The molecule has 132 valence electrons. The fourth-order valence-electron chi connectivity index (χ4n) is 3.13. The first-order valence-electron chi connectivity index (χ1n) is 8.73. The van der Waals surface area contributed by atoms with Gasteiger partial charge in [0.1, 0.15) is 0 Å². The second-order valence-corrected chi connectivity index (χ2v) is 6.61. The number of aryl methyl sites for hydroxylation is 2. The number of imidazole rings is 1. The second-order valence-electron chi connectivity index (χ2n) is 6.61. The summed E-state index contributed by atoms with van der Waals surface area (Å²) in [4.78, 5) is 11.4. The molecule has 2 aromatic heterocycles. The van der Waals surface area contributed by atoms with E-state index in [2.05, 4.69) is 50.6 Å². The summed E-state index contributed by atoms with van der Waals surface area (Å²) >= 11 is 0. The van der Waals surface area contributed by atoms with Gasteiger partial charge in [-0.15, -0.1) is 0 Å². The van der Waals surface area contributed by atoms with Gasteiger partial charge in [-0.25, -0.2) is 4.98 Å². The number of aromatic nitrogens is 4. The molecule has 1 aromatic carbocycles. The molecule has 3 aromatic rings. The molecule has 7 heteroatoms. The van der Waals surface area contributed by atoms with Crippen LogP contribution in [-0.4, -0.2) is 57.4 Å². The van der Waals surface area contributed by atoms with Gasteiger partial charge in [0.05, 0.1) is 37.1 Å². The highest BCUT2D eigenvalue weighted by molar-refractivity contribution is 5.77. The summed E-state index contributed by atoms with van der Waals surface area (Å²) in [6.45, 7) is 9.28. The highest BCUT2D eigenvalue weighted by Crippen LogP contribution is 2.19. The Balaban J connectivity index is 1.43. The fraction of sp³-hybridized carbons (Fsp3) is 0.500. The molecule has 25 heavy (non-hydrogen) atoms. The fourth-order valence-corrected chi connectivity index (χ4v) is 3.13. The Hall–Kier alpha value is -2.25. The van der Waals surface area contributed by atoms with Crippen molar-refractivity contribution in [3.05, 3.63) is 41.3 Å². The van der Waals surface area contributed by atoms with Crippen molar-refractivity contribution >= 4 is 11.0 Å². The Morgan fingerprint density at radius 1 is 1.12 bits per heavy atom. The normalized spacial score (nSPS) is 15.9. The van der Waals surface area contributed by atoms with E-state index in [-0.39, 0.29) is 0 Å². The summed E-state index contributed by atoms with van der Waals surface area (Å²) in [6, 6.07) is 4.28. The van der Waals surface area contributed by atoms with Crippen molar-refractivity contribution in [1.82, 2.24) is 24.6 Å². The van der Waals surface area contributed by atoms with Crippen molar-refractivity contribution in [1.29, 1.82) is 0 Å². The first-order chi connectivity index (χ1) is 12.2. The second kappa shape index (κ2) is 6.93. The monoisotopic (exact) mass is 341 g/mol. The van der Waals surface area contributed by atoms with E-state index in [1.165, 1.54) is 11.1 Å². The molecule has 1 saturated heterocycles. The molecule has 0 N–H and O–H groups in total. The predicted octanol–water partition coefficient (Wildman–Crippen LogP) is 1.96. The third-order valence-corrected chi connectivity index (χ3v) is 4.80. The Morgan fingerprint density at radius 2 is 1.92 bits per heavy atom. The molecule has 0 aliphatic carbocycles. The highest BCUT2D eigenvalue weighted by atomic mass is 16.5. The minimum Gasteiger partial charge on any atom is -0.379 e. The molecule has 0 saturated carbocycles. The van der Waals surface area contributed by atoms with Crippen LogP contribution in [0.1, 0.15) is 22.8 Å². The molecule has 0 unspecified atom stereocenters. The van der Waals surface area contributed by atoms with Crippen LogP contribution in [0.25, 0.3) is 11.0 Å². The Labute approximate surface area is 146 Å². The van der Waals surface area contributed by atoms with E-state index in [9.17, 15) is 0 Å². The number of rotatable bonds is 5. The Kier molecular flexibility index (Phi) is 4.50. The molecule has 3 heterocycles. The van der Waals surface area contributed by atoms with Gasteiger partial charge < -0.3 is 13.8 Å². The van der Waals surface area contributed by atoms with Gasteiger partial charge in [0.25, 0.3) is 0 Å². The van der Waals surface area contributed by atoms with Crippen molar-refractivity contribution in [2.75, 3.05) is 32.8 Å². The quantitative estimate of drug-likeness (QED) is 0.707. The highest BCUT2D eigenvalue weighted by Gasteiger charge is 2.14. The summed E-state index contributed by atoms with van der Waals surface area (Å²) in [5.41, 5.74) is 4.61. The van der Waals surface area contributed by atoms with Crippen molar-refractivity contribution in [2.45, 2.75) is 26.8 Å². The van der Waals surface area contributed by atoms with Gasteiger partial charge in [-0.2, -0.15) is 4.98 Å². The lowest BCUT2D eigenvalue weighted by Crippen LogP contribution is -2.37. The molecule has 7 nitrogen and oxygen atoms in total. The number of benzene rings is 1. The summed E-state index contributed by atoms with van der Waals surface area (Å²) in [6.07, 6.45) is 2.61. The molecule has 0 bridgehead atoms. The third kappa shape index (κ3) is 3.57. The zero-order valence-corrected chi connectivity index (χ0v) is 14.7. The maximum absolute atomic E-state index is 5.41. The Morgan fingerprint density at radius 3 is 2.76 bits per heavy atom. The van der Waals surface area contributed by atoms with E-state index in [4.69, 9.17) is 9.26 Å². The third-order valence-electron chi connectivity index (χ3n) is 4.80. The lowest BCUT2D eigenvalue weighted by Gasteiger charge is -2.25. The zero-order chi connectivity index (χ0) is 17.2. The molecule has 1 fully saturated rings. The van der Waals surface area contributed by atoms with Gasteiger partial charge in [-0.3, -0.25) is 4.90 Å². The van der Waals surface area contributed by atoms with Crippen LogP contribution >= 0.6 is 0 Å². The average molecular weight is 341 g/mol.